The Bertz CT molecular complexity index is 691. The first-order valence-electron chi connectivity index (χ1n) is 7.02. The Hall–Kier alpha value is -2.40. The second-order valence-electron chi connectivity index (χ2n) is 4.95. The standard InChI is InChI=1S/C17H19ClN2O3/c1-20(11-12-6-4-5-7-14(12)18)17(21)19-13-8-9-15(22-2)16(10-13)23-3/h4-10H,11H2,1-3H3,(H,19,21). The van der Waals surface area contributed by atoms with Crippen molar-refractivity contribution in [3.05, 3.63) is 53.1 Å². The van der Waals surface area contributed by atoms with Gasteiger partial charge in [0.2, 0.25) is 0 Å². The van der Waals surface area contributed by atoms with Gasteiger partial charge in [0.1, 0.15) is 0 Å². The number of hydrogen-bond donors (Lipinski definition) is 1. The van der Waals surface area contributed by atoms with Gasteiger partial charge in [-0.2, -0.15) is 0 Å². The Kier molecular flexibility index (Phi) is 5.71. The molecule has 0 bridgehead atoms. The van der Waals surface area contributed by atoms with Crippen molar-refractivity contribution in [3.8, 4) is 11.5 Å². The molecule has 0 aliphatic carbocycles. The van der Waals surface area contributed by atoms with E-state index < -0.39 is 0 Å². The zero-order chi connectivity index (χ0) is 16.8. The van der Waals surface area contributed by atoms with Crippen LogP contribution in [0.1, 0.15) is 5.56 Å². The summed E-state index contributed by atoms with van der Waals surface area (Å²) in [5.74, 6) is 1.16. The fraction of sp³-hybridized carbons (Fsp3) is 0.235. The van der Waals surface area contributed by atoms with Crippen molar-refractivity contribution in [2.24, 2.45) is 0 Å². The molecule has 0 atom stereocenters. The second kappa shape index (κ2) is 7.74. The van der Waals surface area contributed by atoms with Crippen molar-refractivity contribution in [1.29, 1.82) is 0 Å². The number of amides is 2. The van der Waals surface area contributed by atoms with Crippen molar-refractivity contribution in [1.82, 2.24) is 4.90 Å². The molecule has 0 radical (unpaired) electrons. The van der Waals surface area contributed by atoms with Gasteiger partial charge in [-0.25, -0.2) is 4.79 Å². The Labute approximate surface area is 140 Å². The number of carbonyl (C=O) groups excluding carboxylic acids is 1. The van der Waals surface area contributed by atoms with Crippen LogP contribution in [0.5, 0.6) is 11.5 Å². The minimum atomic E-state index is -0.239. The summed E-state index contributed by atoms with van der Waals surface area (Å²) in [4.78, 5) is 13.8. The summed E-state index contributed by atoms with van der Waals surface area (Å²) >= 11 is 6.12. The fourth-order valence-corrected chi connectivity index (χ4v) is 2.28. The number of nitrogens with one attached hydrogen (secondary N) is 1. The molecule has 0 saturated heterocycles. The largest absolute Gasteiger partial charge is 0.493 e. The third kappa shape index (κ3) is 4.29. The molecule has 0 fully saturated rings. The molecule has 2 aromatic carbocycles. The summed E-state index contributed by atoms with van der Waals surface area (Å²) in [6, 6.07) is 12.4. The number of nitrogens with zero attached hydrogens (tertiary/aromatic N) is 1. The van der Waals surface area contributed by atoms with Crippen LogP contribution in [0.4, 0.5) is 10.5 Å². The number of methoxy groups -OCH3 is 2. The zero-order valence-corrected chi connectivity index (χ0v) is 14.1. The van der Waals surface area contributed by atoms with Gasteiger partial charge in [0.15, 0.2) is 11.5 Å². The lowest BCUT2D eigenvalue weighted by molar-refractivity contribution is 0.220. The first-order chi connectivity index (χ1) is 11.0. The summed E-state index contributed by atoms with van der Waals surface area (Å²) in [5, 5.41) is 3.45. The number of urea groups is 1. The highest BCUT2D eigenvalue weighted by Gasteiger charge is 2.12. The summed E-state index contributed by atoms with van der Waals surface area (Å²) in [5.41, 5.74) is 1.51. The first kappa shape index (κ1) is 17.0. The van der Waals surface area contributed by atoms with E-state index in [0.717, 1.165) is 5.56 Å². The van der Waals surface area contributed by atoms with Gasteiger partial charge >= 0.3 is 6.03 Å². The Morgan fingerprint density at radius 2 is 1.83 bits per heavy atom. The van der Waals surface area contributed by atoms with Gasteiger partial charge in [-0.15, -0.1) is 0 Å². The predicted molar refractivity (Wildman–Crippen MR) is 91.5 cm³/mol. The molecule has 2 aromatic rings. The SMILES string of the molecule is COc1ccc(NC(=O)N(C)Cc2ccccc2Cl)cc1OC. The van der Waals surface area contributed by atoms with Crippen molar-refractivity contribution in [2.75, 3.05) is 26.6 Å². The molecule has 0 aromatic heterocycles. The van der Waals surface area contributed by atoms with Gasteiger partial charge in [-0.3, -0.25) is 0 Å². The number of rotatable bonds is 5. The maximum Gasteiger partial charge on any atom is 0.321 e. The van der Waals surface area contributed by atoms with Crippen molar-refractivity contribution in [3.63, 3.8) is 0 Å². The number of hydrogen-bond acceptors (Lipinski definition) is 3. The summed E-state index contributed by atoms with van der Waals surface area (Å²) < 4.78 is 10.4. The third-order valence-electron chi connectivity index (χ3n) is 3.35. The van der Waals surface area contributed by atoms with E-state index in [0.29, 0.717) is 28.8 Å². The van der Waals surface area contributed by atoms with Crippen molar-refractivity contribution < 1.29 is 14.3 Å². The van der Waals surface area contributed by atoms with Gasteiger partial charge in [-0.1, -0.05) is 29.8 Å². The number of ether oxygens (including phenoxy) is 2. The summed E-state index contributed by atoms with van der Waals surface area (Å²) in [6.45, 7) is 0.415. The topological polar surface area (TPSA) is 50.8 Å². The fourth-order valence-electron chi connectivity index (χ4n) is 2.09. The molecule has 0 spiro atoms. The highest BCUT2D eigenvalue weighted by atomic mass is 35.5. The average Bonchev–Trinajstić information content (AvgIpc) is 2.56. The molecule has 2 amide bonds. The van der Waals surface area contributed by atoms with Gasteiger partial charge in [-0.05, 0) is 23.8 Å². The molecule has 6 heteroatoms. The Morgan fingerprint density at radius 3 is 2.48 bits per heavy atom. The van der Waals surface area contributed by atoms with Crippen LogP contribution in [0.15, 0.2) is 42.5 Å². The molecule has 0 aliphatic heterocycles. The van der Waals surface area contributed by atoms with Crippen molar-refractivity contribution in [2.45, 2.75) is 6.54 Å². The van der Waals surface area contributed by atoms with E-state index >= 15 is 0 Å². The average molecular weight is 335 g/mol. The molecule has 0 aliphatic rings. The Morgan fingerprint density at radius 1 is 1.13 bits per heavy atom. The lowest BCUT2D eigenvalue weighted by Gasteiger charge is -2.19. The van der Waals surface area contributed by atoms with E-state index in [-0.39, 0.29) is 6.03 Å². The monoisotopic (exact) mass is 334 g/mol. The maximum absolute atomic E-state index is 12.3. The maximum atomic E-state index is 12.3. The molecule has 1 N–H and O–H groups in total. The highest BCUT2D eigenvalue weighted by molar-refractivity contribution is 6.31. The van der Waals surface area contributed by atoms with Crippen LogP contribution >= 0.6 is 11.6 Å². The zero-order valence-electron chi connectivity index (χ0n) is 13.3. The van der Waals surface area contributed by atoms with Crippen LogP contribution in [0.25, 0.3) is 0 Å². The molecule has 2 rings (SSSR count). The lowest BCUT2D eigenvalue weighted by atomic mass is 10.2. The van der Waals surface area contributed by atoms with E-state index in [2.05, 4.69) is 5.32 Å². The number of anilines is 1. The molecule has 0 unspecified atom stereocenters. The van der Waals surface area contributed by atoms with Gasteiger partial charge < -0.3 is 19.7 Å². The molecular weight excluding hydrogens is 316 g/mol. The van der Waals surface area contributed by atoms with Crippen LogP contribution in [-0.4, -0.2) is 32.2 Å². The van der Waals surface area contributed by atoms with Gasteiger partial charge in [0.25, 0.3) is 0 Å². The Balaban J connectivity index is 2.05. The molecule has 122 valence electrons. The minimum Gasteiger partial charge on any atom is -0.493 e. The van der Waals surface area contributed by atoms with Crippen LogP contribution in [-0.2, 0) is 6.54 Å². The molecule has 0 saturated carbocycles. The molecule has 23 heavy (non-hydrogen) atoms. The first-order valence-corrected chi connectivity index (χ1v) is 7.40. The van der Waals surface area contributed by atoms with E-state index in [1.165, 1.54) is 0 Å². The van der Waals surface area contributed by atoms with Crippen LogP contribution < -0.4 is 14.8 Å². The van der Waals surface area contributed by atoms with Crippen LogP contribution in [0, 0.1) is 0 Å². The van der Waals surface area contributed by atoms with Crippen molar-refractivity contribution >= 4 is 23.3 Å². The van der Waals surface area contributed by atoms with Crippen LogP contribution in [0.2, 0.25) is 5.02 Å². The van der Waals surface area contributed by atoms with E-state index in [9.17, 15) is 4.79 Å². The van der Waals surface area contributed by atoms with Gasteiger partial charge in [0, 0.05) is 30.4 Å². The summed E-state index contributed by atoms with van der Waals surface area (Å²) in [7, 11) is 4.82. The molecule has 0 heterocycles. The van der Waals surface area contributed by atoms with E-state index in [4.69, 9.17) is 21.1 Å². The quantitative estimate of drug-likeness (QED) is 0.898. The summed E-state index contributed by atoms with van der Waals surface area (Å²) in [6.07, 6.45) is 0. The third-order valence-corrected chi connectivity index (χ3v) is 3.72. The number of carbonyl (C=O) groups is 1. The highest BCUT2D eigenvalue weighted by Crippen LogP contribution is 2.29. The predicted octanol–water partition coefficient (Wildman–Crippen LogP) is 4.02. The smallest absolute Gasteiger partial charge is 0.321 e. The normalized spacial score (nSPS) is 10.1. The van der Waals surface area contributed by atoms with Gasteiger partial charge in [0.05, 0.1) is 14.2 Å². The number of halogens is 1. The molecular formula is C17H19ClN2O3. The minimum absolute atomic E-state index is 0.239. The number of benzene rings is 2. The second-order valence-corrected chi connectivity index (χ2v) is 5.35. The lowest BCUT2D eigenvalue weighted by Crippen LogP contribution is -2.30. The van der Waals surface area contributed by atoms with E-state index in [1.807, 2.05) is 18.2 Å². The van der Waals surface area contributed by atoms with E-state index in [1.54, 1.807) is 50.4 Å². The molecule has 5 nitrogen and oxygen atoms in total. The van der Waals surface area contributed by atoms with Crippen LogP contribution in [0.3, 0.4) is 0 Å².